The summed E-state index contributed by atoms with van der Waals surface area (Å²) in [4.78, 5) is 52.9. The molecule has 46 heavy (non-hydrogen) atoms. The van der Waals surface area contributed by atoms with Crippen LogP contribution in [0.3, 0.4) is 0 Å². The quantitative estimate of drug-likeness (QED) is 0.0583. The van der Waals surface area contributed by atoms with Gasteiger partial charge in [-0.25, -0.2) is 4.79 Å². The molecule has 2 aromatic carbocycles. The van der Waals surface area contributed by atoms with Gasteiger partial charge in [-0.2, -0.15) is 0 Å². The Morgan fingerprint density at radius 1 is 0.783 bits per heavy atom. The van der Waals surface area contributed by atoms with Crippen LogP contribution in [-0.2, 0) is 32.7 Å². The number of non-ortho nitro benzene ring substituents is 2. The Kier molecular flexibility index (Phi) is 35.0. The summed E-state index contributed by atoms with van der Waals surface area (Å²) in [5.74, 6) is -1.16. The minimum absolute atomic E-state index is 0. The molecular weight excluding hydrogens is 634 g/mol. The molecule has 0 atom stereocenters. The monoisotopic (exact) mass is 684 g/mol. The number of methoxy groups -OCH3 is 2. The summed E-state index contributed by atoms with van der Waals surface area (Å²) in [6, 6.07) is 11.9. The zero-order chi connectivity index (χ0) is 31.6. The fourth-order valence-corrected chi connectivity index (χ4v) is 3.69. The van der Waals surface area contributed by atoms with Crippen LogP contribution >= 0.6 is 7.60 Å². The third-order valence-corrected chi connectivity index (χ3v) is 6.87. The number of benzene rings is 2. The normalized spacial score (nSPS) is 9.48. The van der Waals surface area contributed by atoms with Crippen molar-refractivity contribution in [3.63, 3.8) is 0 Å². The van der Waals surface area contributed by atoms with Gasteiger partial charge in [-0.05, 0) is 17.6 Å². The van der Waals surface area contributed by atoms with Gasteiger partial charge >= 0.3 is 49.1 Å². The van der Waals surface area contributed by atoms with Crippen molar-refractivity contribution >= 4 is 42.3 Å². The zero-order valence-corrected chi connectivity index (χ0v) is 27.5. The third-order valence-electron chi connectivity index (χ3n) is 5.11. The minimum atomic E-state index is -3.23. The van der Waals surface area contributed by atoms with E-state index in [4.69, 9.17) is 0 Å². The number of carbonyl (C=O) groups excluding carboxylic acids is 3. The van der Waals surface area contributed by atoms with Gasteiger partial charge in [-0.3, -0.25) is 34.4 Å². The Morgan fingerprint density at radius 2 is 1.22 bits per heavy atom. The van der Waals surface area contributed by atoms with E-state index in [-0.39, 0.29) is 84.0 Å². The van der Waals surface area contributed by atoms with Crippen molar-refractivity contribution in [3.05, 3.63) is 86.0 Å². The third kappa shape index (κ3) is 20.7. The number of esters is 2. The van der Waals surface area contributed by atoms with Crippen molar-refractivity contribution in [2.24, 2.45) is 0 Å². The summed E-state index contributed by atoms with van der Waals surface area (Å²) >= 11 is 0. The van der Waals surface area contributed by atoms with Crippen LogP contribution in [0, 0.1) is 20.2 Å². The number of allylic oxidation sites excluding steroid dienone is 1. The topological polar surface area (TPSA) is 191 Å². The number of rotatable bonds is 11. The Morgan fingerprint density at radius 3 is 1.57 bits per heavy atom. The second-order valence-electron chi connectivity index (χ2n) is 7.65. The molecule has 16 heteroatoms. The first kappa shape index (κ1) is 55.2. The fraction of sp³-hybridized carbons (Fsp3) is 0.433. The molecule has 0 aliphatic heterocycles. The van der Waals surface area contributed by atoms with E-state index < -0.39 is 29.4 Å². The molecule has 0 N–H and O–H groups in total. The van der Waals surface area contributed by atoms with Gasteiger partial charge in [0.05, 0.1) is 24.1 Å². The smallest absolute Gasteiger partial charge is 1.00 e. The molecule has 0 spiro atoms. The van der Waals surface area contributed by atoms with Gasteiger partial charge in [-0.15, -0.1) is 0 Å². The number of ether oxygens (including phenoxy) is 2. The average molecular weight is 685 g/mol. The van der Waals surface area contributed by atoms with Crippen molar-refractivity contribution in [1.29, 1.82) is 0 Å². The van der Waals surface area contributed by atoms with Crippen LogP contribution in [0.15, 0.2) is 54.6 Å². The van der Waals surface area contributed by atoms with Crippen LogP contribution in [-0.4, -0.2) is 62.2 Å². The molecule has 0 saturated heterocycles. The van der Waals surface area contributed by atoms with Crippen LogP contribution in [0.2, 0.25) is 0 Å². The first-order valence-electron chi connectivity index (χ1n) is 11.9. The predicted molar refractivity (Wildman–Crippen MR) is 178 cm³/mol. The number of ketones is 1. The summed E-state index contributed by atoms with van der Waals surface area (Å²) in [6.45, 7) is 3.59. The average Bonchev–Trinajstić information content (AvgIpc) is 2.99. The molecule has 0 heterocycles. The predicted octanol–water partition coefficient (Wildman–Crippen LogP) is 5.05. The molecule has 0 fully saturated rings. The largest absolute Gasteiger partial charge is 1.00 e. The second kappa shape index (κ2) is 29.2. The fourth-order valence-electron chi connectivity index (χ4n) is 2.83. The molecule has 0 aliphatic carbocycles. The Bertz CT molecular complexity index is 1300. The van der Waals surface area contributed by atoms with Gasteiger partial charge < -0.3 is 19.9 Å². The number of nitrogens with zero attached hydrogens (tertiary/aromatic N) is 2. The van der Waals surface area contributed by atoms with Gasteiger partial charge in [0.15, 0.2) is 5.78 Å². The first-order valence-corrected chi connectivity index (χ1v) is 13.6. The first-order chi connectivity index (χ1) is 19.3. The summed E-state index contributed by atoms with van der Waals surface area (Å²) in [6.07, 6.45) is 1.95. The van der Waals surface area contributed by atoms with Crippen molar-refractivity contribution in [3.8, 4) is 0 Å². The SMILES string of the molecule is C.C.C.C.CC/C(=C\C(=O)OC)c1cccc([N+](=O)[O-])c1.CCC(=O)c1cccc([N+](=O)[O-])c1.COC(=O)CP(=O)(OC)OC.[H-].[Na+]. The van der Waals surface area contributed by atoms with Gasteiger partial charge in [0.25, 0.3) is 11.4 Å². The van der Waals surface area contributed by atoms with Crippen LogP contribution in [0.5, 0.6) is 0 Å². The van der Waals surface area contributed by atoms with E-state index in [1.54, 1.807) is 25.1 Å². The number of nitro benzene ring substituents is 2. The molecule has 258 valence electrons. The Labute approximate surface area is 296 Å². The van der Waals surface area contributed by atoms with Gasteiger partial charge in [0.2, 0.25) is 0 Å². The summed E-state index contributed by atoms with van der Waals surface area (Å²) in [5.41, 5.74) is 1.73. The number of nitro groups is 2. The molecule has 0 bridgehead atoms. The maximum atomic E-state index is 11.2. The molecule has 0 aromatic heterocycles. The molecular formula is C30H50N2NaO12P. The number of carbonyl (C=O) groups is 3. The molecule has 0 amide bonds. The molecule has 0 aliphatic rings. The van der Waals surface area contributed by atoms with Crippen molar-refractivity contribution in [2.75, 3.05) is 34.6 Å². The number of hydrogen-bond acceptors (Lipinski definition) is 12. The zero-order valence-electron chi connectivity index (χ0n) is 25.6. The van der Waals surface area contributed by atoms with Crippen molar-refractivity contribution in [1.82, 2.24) is 0 Å². The number of hydrogen-bond donors (Lipinski definition) is 0. The molecule has 2 aromatic rings. The molecule has 14 nitrogen and oxygen atoms in total. The maximum Gasteiger partial charge on any atom is 1.00 e. The maximum absolute atomic E-state index is 11.2. The van der Waals surface area contributed by atoms with E-state index in [1.165, 1.54) is 64.8 Å². The van der Waals surface area contributed by atoms with Crippen LogP contribution in [0.4, 0.5) is 11.4 Å². The van der Waals surface area contributed by atoms with E-state index in [0.29, 0.717) is 29.5 Å². The van der Waals surface area contributed by atoms with E-state index in [9.17, 15) is 39.2 Å². The van der Waals surface area contributed by atoms with Gasteiger partial charge in [-0.1, -0.05) is 67.8 Å². The summed E-state index contributed by atoms with van der Waals surface area (Å²) in [7, 11) is 1.70. The van der Waals surface area contributed by atoms with E-state index in [1.807, 2.05) is 6.92 Å². The van der Waals surface area contributed by atoms with Gasteiger partial charge in [0, 0.05) is 56.5 Å². The number of Topliss-reactive ketones (excluding diaryl/α,β-unsaturated/α-hetero) is 1. The molecule has 2 rings (SSSR count). The minimum Gasteiger partial charge on any atom is -1.00 e. The standard InChI is InChI=1S/C12H13NO4.C9H9NO3.C5H11O5P.4CH4.Na.H/c1-3-9(8-12(14)17-2)10-5-4-6-11(7-10)13(15)16;1-2-9(11)7-4-3-5-8(6-7)10(12)13;1-8-5(6)4-11(7,9-2)10-3;;;;;;/h4-8H,3H2,1-2H3;3-6H,2H2,1H3;4H2,1-3H3;4*1H4;;/q;;;;;;;+1;-1/b9-8+;;;;;;;;. The van der Waals surface area contributed by atoms with Crippen molar-refractivity contribution in [2.45, 2.75) is 56.4 Å². The van der Waals surface area contributed by atoms with Crippen LogP contribution < -0.4 is 29.6 Å². The molecule has 0 saturated carbocycles. The summed E-state index contributed by atoms with van der Waals surface area (Å²) < 4.78 is 29.0. The second-order valence-corrected chi connectivity index (χ2v) is 9.92. The van der Waals surface area contributed by atoms with Crippen LogP contribution in [0.25, 0.3) is 5.57 Å². The Balaban J connectivity index is -0.0000000981. The van der Waals surface area contributed by atoms with Crippen LogP contribution in [0.1, 0.15) is 73.7 Å². The molecule has 0 radical (unpaired) electrons. The molecule has 0 unspecified atom stereocenters. The van der Waals surface area contributed by atoms with Gasteiger partial charge in [0.1, 0.15) is 6.16 Å². The van der Waals surface area contributed by atoms with E-state index >= 15 is 0 Å². The van der Waals surface area contributed by atoms with E-state index in [2.05, 4.69) is 18.5 Å². The summed E-state index contributed by atoms with van der Waals surface area (Å²) in [5, 5.41) is 21.0. The Hall–Kier alpha value is -3.26. The van der Waals surface area contributed by atoms with Crippen molar-refractivity contribution < 1.29 is 78.3 Å². The van der Waals surface area contributed by atoms with E-state index in [0.717, 1.165) is 0 Å².